The average molecular weight is 1170 g/mol. The molecule has 5 N–H and O–H groups in total. The third-order valence-corrected chi connectivity index (χ3v) is 16.1. The van der Waals surface area contributed by atoms with E-state index in [4.69, 9.17) is 18.9 Å². The quantitative estimate of drug-likeness (QED) is 0.0375. The molecule has 3 aliphatic heterocycles. The molecule has 5 amide bonds. The van der Waals surface area contributed by atoms with Gasteiger partial charge in [-0.25, -0.2) is 14.4 Å². The Labute approximate surface area is 485 Å². The average Bonchev–Trinajstić information content (AvgIpc) is 4.31. The number of likely N-dealkylation sites (tertiary alicyclic amines) is 1. The number of aromatic nitrogens is 2. The second kappa shape index (κ2) is 29.0. The summed E-state index contributed by atoms with van der Waals surface area (Å²) in [7, 11) is 0. The maximum absolute atomic E-state index is 14.4. The minimum absolute atomic E-state index is 0.0192. The van der Waals surface area contributed by atoms with Gasteiger partial charge in [0.15, 0.2) is 5.13 Å². The van der Waals surface area contributed by atoms with Gasteiger partial charge in [0.2, 0.25) is 17.7 Å². The van der Waals surface area contributed by atoms with E-state index in [2.05, 4.69) is 47.6 Å². The number of carbonyl (C=O) groups excluding carboxylic acids is 5. The van der Waals surface area contributed by atoms with Crippen molar-refractivity contribution in [2.45, 2.75) is 77.9 Å². The van der Waals surface area contributed by atoms with E-state index in [0.717, 1.165) is 72.6 Å². The van der Waals surface area contributed by atoms with Crippen LogP contribution in [0.3, 0.4) is 0 Å². The van der Waals surface area contributed by atoms with Gasteiger partial charge in [-0.3, -0.25) is 39.1 Å². The normalized spacial score (nSPS) is 17.7. The molecule has 23 heteroatoms. The van der Waals surface area contributed by atoms with Crippen molar-refractivity contribution in [1.29, 1.82) is 0 Å². The highest BCUT2D eigenvalue weighted by atomic mass is 32.1. The van der Waals surface area contributed by atoms with Gasteiger partial charge >= 0.3 is 0 Å². The van der Waals surface area contributed by atoms with Crippen molar-refractivity contribution in [2.75, 3.05) is 104 Å². The number of aliphatic hydroxyl groups excluding tert-OH is 1. The molecule has 2 saturated heterocycles. The second-order valence-corrected chi connectivity index (χ2v) is 23.2. The summed E-state index contributed by atoms with van der Waals surface area (Å²) in [6, 6.07) is 12.9. The van der Waals surface area contributed by atoms with E-state index in [1.54, 1.807) is 34.9 Å². The highest BCUT2D eigenvalue weighted by Gasteiger charge is 2.45. The number of rotatable bonds is 25. The summed E-state index contributed by atoms with van der Waals surface area (Å²) in [6.07, 6.45) is 0.725. The number of piperazine rings is 1. The fourth-order valence-electron chi connectivity index (χ4n) is 10.1. The van der Waals surface area contributed by atoms with E-state index in [-0.39, 0.29) is 56.0 Å². The van der Waals surface area contributed by atoms with Gasteiger partial charge in [0.1, 0.15) is 42.9 Å². The molecule has 0 saturated carbocycles. The lowest BCUT2D eigenvalue weighted by Gasteiger charge is -2.35. The van der Waals surface area contributed by atoms with E-state index >= 15 is 0 Å². The zero-order valence-corrected chi connectivity index (χ0v) is 48.5. The summed E-state index contributed by atoms with van der Waals surface area (Å²) in [5.74, 6) is 2.57. The van der Waals surface area contributed by atoms with Crippen molar-refractivity contribution in [2.24, 2.45) is 5.41 Å². The molecule has 5 atom stereocenters. The Kier molecular flexibility index (Phi) is 21.7. The smallest absolute Gasteiger partial charge is 0.256 e. The summed E-state index contributed by atoms with van der Waals surface area (Å²) < 4.78 is 37.3. The molecule has 5 heterocycles. The van der Waals surface area contributed by atoms with E-state index < -0.39 is 59.1 Å². The Morgan fingerprint density at radius 2 is 1.57 bits per heavy atom. The van der Waals surface area contributed by atoms with Gasteiger partial charge in [0, 0.05) is 81.5 Å². The lowest BCUT2D eigenvalue weighted by atomic mass is 9.85. The number of anilines is 1. The van der Waals surface area contributed by atoms with Crippen molar-refractivity contribution in [1.82, 2.24) is 40.2 Å². The molecule has 82 heavy (non-hydrogen) atoms. The molecule has 3 aromatic carbocycles. The molecule has 3 aliphatic rings. The Morgan fingerprint density at radius 3 is 2.24 bits per heavy atom. The zero-order chi connectivity index (χ0) is 58.3. The molecule has 8 rings (SSSR count). The molecule has 0 spiro atoms. The monoisotopic (exact) mass is 1170 g/mol. The summed E-state index contributed by atoms with van der Waals surface area (Å²) in [5, 5.41) is 31.9. The van der Waals surface area contributed by atoms with Crippen LogP contribution in [0.5, 0.6) is 5.75 Å². The fourth-order valence-corrected chi connectivity index (χ4v) is 11.4. The number of hydrogen-bond acceptors (Lipinski definition) is 17. The van der Waals surface area contributed by atoms with Gasteiger partial charge < -0.3 is 49.6 Å². The number of hydrogen-bond donors (Lipinski definition) is 5. The lowest BCUT2D eigenvalue weighted by Crippen LogP contribution is -2.58. The number of aryl methyl sites for hydroxylation is 1. The van der Waals surface area contributed by atoms with Crippen LogP contribution in [-0.4, -0.2) is 186 Å². The molecule has 0 radical (unpaired) electrons. The third-order valence-electron chi connectivity index (χ3n) is 14.5. The summed E-state index contributed by atoms with van der Waals surface area (Å²) in [6.45, 7) is 16.4. The highest BCUT2D eigenvalue weighted by molar-refractivity contribution is 7.14. The first kappa shape index (κ1) is 61.4. The number of halogens is 1. The van der Waals surface area contributed by atoms with Crippen molar-refractivity contribution in [3.05, 3.63) is 117 Å². The zero-order valence-electron chi connectivity index (χ0n) is 46.9. The van der Waals surface area contributed by atoms with Gasteiger partial charge in [-0.2, -0.15) is 0 Å². The van der Waals surface area contributed by atoms with Crippen molar-refractivity contribution in [3.8, 4) is 28.0 Å². The standard InChI is InChI=1S/C59H72FN9O11S2/c1-38(40-11-13-42(14-12-40)52-39(2)62-37-82-52)63-54(73)47-33-45(70)35-68(47)57(76)53(59(3,4)5)64-49(72)36-80-26-23-67-20-18-66(19-21-67)22-25-78-28-30-79-29-27-77-24-7-10-41-8-6-9-43-34-69(56(75)50(41)43)51(46-32-44(60)15-16-48(46)71)55(74)65-58-61-17-31-81-58/h6,8-9,11-17,31-32,37-38,45,47,51,53,70-71H,18-30,33-36H2,1-5H3,(H,63,73)(H,64,72)(H,61,65,74)/t38-,45+,47-,51?,53+/m0/s1. The first-order chi connectivity index (χ1) is 39.4. The van der Waals surface area contributed by atoms with Crippen LogP contribution in [0.15, 0.2) is 77.8 Å². The lowest BCUT2D eigenvalue weighted by molar-refractivity contribution is -0.144. The molecule has 20 nitrogen and oxygen atoms in total. The highest BCUT2D eigenvalue weighted by Crippen LogP contribution is 2.38. The van der Waals surface area contributed by atoms with Crippen molar-refractivity contribution in [3.63, 3.8) is 0 Å². The maximum Gasteiger partial charge on any atom is 0.256 e. The van der Waals surface area contributed by atoms with E-state index in [1.807, 2.05) is 64.4 Å². The van der Waals surface area contributed by atoms with E-state index in [0.29, 0.717) is 68.0 Å². The summed E-state index contributed by atoms with van der Waals surface area (Å²) in [4.78, 5) is 85.4. The maximum atomic E-state index is 14.4. The molecular formula is C59H72FN9O11S2. The van der Waals surface area contributed by atoms with Crippen LogP contribution in [0.4, 0.5) is 9.52 Å². The van der Waals surface area contributed by atoms with Crippen LogP contribution in [-0.2, 0) is 44.7 Å². The number of thiazole rings is 2. The number of nitrogens with zero attached hydrogens (tertiary/aromatic N) is 6. The summed E-state index contributed by atoms with van der Waals surface area (Å²) >= 11 is 2.75. The third kappa shape index (κ3) is 16.3. The molecule has 2 aromatic heterocycles. The number of aromatic hydroxyl groups is 1. The Bertz CT molecular complexity index is 3050. The minimum Gasteiger partial charge on any atom is -0.508 e. The number of fused-ring (bicyclic) bond motifs is 1. The number of phenols is 1. The number of carbonyl (C=O) groups is 5. The van der Waals surface area contributed by atoms with E-state index in [1.165, 1.54) is 27.3 Å². The van der Waals surface area contributed by atoms with Crippen LogP contribution in [0.1, 0.15) is 84.5 Å². The predicted octanol–water partition coefficient (Wildman–Crippen LogP) is 5.16. The largest absolute Gasteiger partial charge is 0.508 e. The Balaban J connectivity index is 0.668. The number of benzene rings is 3. The molecule has 438 valence electrons. The van der Waals surface area contributed by atoms with Gasteiger partial charge in [-0.15, -0.1) is 22.7 Å². The molecule has 0 bridgehead atoms. The second-order valence-electron chi connectivity index (χ2n) is 21.4. The molecular weight excluding hydrogens is 1090 g/mol. The van der Waals surface area contributed by atoms with E-state index in [9.17, 15) is 38.6 Å². The van der Waals surface area contributed by atoms with Crippen molar-refractivity contribution >= 4 is 57.3 Å². The number of aliphatic hydroxyl groups is 1. The molecule has 1 unspecified atom stereocenters. The van der Waals surface area contributed by atoms with Gasteiger partial charge in [0.25, 0.3) is 11.8 Å². The van der Waals surface area contributed by atoms with Crippen LogP contribution in [0, 0.1) is 30.0 Å². The number of β-amino-alcohol motifs (C(OH)–C–C–N with tert-alkyl or cyclic N) is 1. The SMILES string of the molecule is Cc1ncsc1-c1ccc([C@H](C)NC(=O)[C@@H]2C[C@@H](O)CN2C(=O)[C@@H](NC(=O)COCCN2CCN(CCOCCOCCOCC#Cc3cccc4c3C(=O)N(C(C(=O)Nc3nccs3)c3cc(F)ccc3O)C4)CC2)C(C)(C)C)cc1. The number of amides is 5. The van der Waals surface area contributed by atoms with Gasteiger partial charge in [0.05, 0.1) is 73.4 Å². The topological polar surface area (TPSA) is 238 Å². The molecule has 2 fully saturated rings. The van der Waals surface area contributed by atoms with Gasteiger partial charge in [-0.1, -0.05) is 69.0 Å². The van der Waals surface area contributed by atoms with Crippen LogP contribution < -0.4 is 16.0 Å². The van der Waals surface area contributed by atoms with Crippen LogP contribution in [0.25, 0.3) is 10.4 Å². The Morgan fingerprint density at radius 1 is 0.878 bits per heavy atom. The van der Waals surface area contributed by atoms with Crippen molar-refractivity contribution < 1.29 is 57.5 Å². The van der Waals surface area contributed by atoms with Crippen LogP contribution in [0.2, 0.25) is 0 Å². The molecule has 0 aliphatic carbocycles. The minimum atomic E-state index is -1.35. The summed E-state index contributed by atoms with van der Waals surface area (Å²) in [5.41, 5.74) is 5.36. The fraction of sp³-hybridized carbons (Fsp3) is 0.475. The van der Waals surface area contributed by atoms with Crippen LogP contribution >= 0.6 is 22.7 Å². The van der Waals surface area contributed by atoms with Gasteiger partial charge in [-0.05, 0) is 60.2 Å². The first-order valence-electron chi connectivity index (χ1n) is 27.4. The first-order valence-corrected chi connectivity index (χ1v) is 29.2. The predicted molar refractivity (Wildman–Crippen MR) is 307 cm³/mol. The molecule has 5 aromatic rings. The Hall–Kier alpha value is -6.72. The number of ether oxygens (including phenoxy) is 4. The number of nitrogens with one attached hydrogen (secondary N) is 3. The number of phenolic OH excluding ortho intramolecular Hbond substituents is 1.